The van der Waals surface area contributed by atoms with Gasteiger partial charge in [-0.2, -0.15) is 0 Å². The van der Waals surface area contributed by atoms with Crippen molar-refractivity contribution in [3.63, 3.8) is 0 Å². The Kier molecular flexibility index (Phi) is 8.71. The second-order valence-electron chi connectivity index (χ2n) is 10.2. The van der Waals surface area contributed by atoms with Crippen LogP contribution < -0.4 is 16.0 Å². The molecule has 6 rings (SSSR count). The number of thiophene rings is 1. The number of para-hydroxylation sites is 1. The molecule has 0 aliphatic carbocycles. The molecule has 1 N–H and O–H groups in total. The van der Waals surface area contributed by atoms with E-state index in [9.17, 15) is 14.4 Å². The summed E-state index contributed by atoms with van der Waals surface area (Å²) in [7, 11) is 3.29. The standard InChI is InChI=1S/C24H24N4O5S.C5H10O2/c1-14-18-22(30)28(16-9-11-26(2)21(16)29)24(31)27(12-8-15-6-4-5-7-17(15)32-3)23(18)34-19(14)20-25-10-13-33-20;6-5-1-3-7-4-2-5/h4-7,10,13,16H,8-9,11-12H2,1-3H3;5-6H,1-4H2. The van der Waals surface area contributed by atoms with Crippen LogP contribution in [0.15, 0.2) is 50.7 Å². The van der Waals surface area contributed by atoms with Crippen LogP contribution >= 0.6 is 11.3 Å². The average Bonchev–Trinajstić information content (AvgIpc) is 3.70. The normalized spacial score (nSPS) is 17.6. The van der Waals surface area contributed by atoms with E-state index in [2.05, 4.69) is 4.98 Å². The summed E-state index contributed by atoms with van der Waals surface area (Å²) in [6.07, 6.45) is 5.49. The molecular formula is C29H34N4O7S. The van der Waals surface area contributed by atoms with Crippen molar-refractivity contribution in [3.8, 4) is 16.5 Å². The number of hydrogen-bond donors (Lipinski definition) is 1. The number of carbonyl (C=O) groups excluding carboxylic acids is 1. The first kappa shape index (κ1) is 28.8. The number of aryl methyl sites for hydroxylation is 3. The van der Waals surface area contributed by atoms with Crippen molar-refractivity contribution in [2.45, 2.75) is 51.3 Å². The fraction of sp³-hybridized carbons (Fsp3) is 0.448. The summed E-state index contributed by atoms with van der Waals surface area (Å²) in [5, 5.41) is 9.25. The Morgan fingerprint density at radius 2 is 1.90 bits per heavy atom. The molecule has 2 saturated heterocycles. The van der Waals surface area contributed by atoms with Gasteiger partial charge in [-0.25, -0.2) is 14.3 Å². The molecule has 3 aromatic heterocycles. The van der Waals surface area contributed by atoms with Crippen LogP contribution in [0.4, 0.5) is 0 Å². The van der Waals surface area contributed by atoms with Crippen molar-refractivity contribution < 1.29 is 23.8 Å². The molecule has 2 aliphatic rings. The molecule has 11 nitrogen and oxygen atoms in total. The van der Waals surface area contributed by atoms with E-state index in [1.54, 1.807) is 29.8 Å². The number of ether oxygens (including phenoxy) is 2. The van der Waals surface area contributed by atoms with Gasteiger partial charge in [-0.15, -0.1) is 11.3 Å². The van der Waals surface area contributed by atoms with Gasteiger partial charge in [0, 0.05) is 33.4 Å². The number of carbonyl (C=O) groups is 1. The smallest absolute Gasteiger partial charge is 0.332 e. The number of amides is 1. The first-order chi connectivity index (χ1) is 19.8. The predicted molar refractivity (Wildman–Crippen MR) is 155 cm³/mol. The highest BCUT2D eigenvalue weighted by molar-refractivity contribution is 7.22. The SMILES string of the molecule is COc1ccccc1CCn1c(=O)n(C2CCN(C)C2=O)c(=O)c2c(C)c(-c3ncco3)sc21.OC1CCOCC1. The van der Waals surface area contributed by atoms with Gasteiger partial charge in [0.25, 0.3) is 5.56 Å². The summed E-state index contributed by atoms with van der Waals surface area (Å²) in [6.45, 7) is 4.11. The predicted octanol–water partition coefficient (Wildman–Crippen LogP) is 3.00. The molecule has 218 valence electrons. The number of nitrogens with zero attached hydrogens (tertiary/aromatic N) is 4. The van der Waals surface area contributed by atoms with Gasteiger partial charge in [0.05, 0.1) is 29.7 Å². The second kappa shape index (κ2) is 12.4. The van der Waals surface area contributed by atoms with E-state index < -0.39 is 17.3 Å². The molecule has 0 bridgehead atoms. The third-order valence-electron chi connectivity index (χ3n) is 7.57. The molecule has 1 unspecified atom stereocenters. The highest BCUT2D eigenvalue weighted by atomic mass is 32.1. The number of oxazole rings is 1. The average molecular weight is 583 g/mol. The van der Waals surface area contributed by atoms with Crippen molar-refractivity contribution in [3.05, 3.63) is 68.7 Å². The lowest BCUT2D eigenvalue weighted by atomic mass is 10.1. The maximum atomic E-state index is 13.7. The zero-order valence-corrected chi connectivity index (χ0v) is 24.2. The van der Waals surface area contributed by atoms with Gasteiger partial charge in [-0.3, -0.25) is 14.2 Å². The van der Waals surface area contributed by atoms with Crippen molar-refractivity contribution in [1.82, 2.24) is 19.0 Å². The van der Waals surface area contributed by atoms with E-state index in [-0.39, 0.29) is 12.0 Å². The third-order valence-corrected chi connectivity index (χ3v) is 8.87. The van der Waals surface area contributed by atoms with Crippen molar-refractivity contribution in [2.24, 2.45) is 0 Å². The first-order valence-electron chi connectivity index (χ1n) is 13.6. The molecule has 1 atom stereocenters. The number of rotatable bonds is 6. The fourth-order valence-electron chi connectivity index (χ4n) is 5.25. The van der Waals surface area contributed by atoms with Crippen LogP contribution in [0.2, 0.25) is 0 Å². The monoisotopic (exact) mass is 582 g/mol. The molecule has 2 fully saturated rings. The van der Waals surface area contributed by atoms with Crippen LogP contribution in [0.1, 0.15) is 36.4 Å². The number of aromatic nitrogens is 3. The Morgan fingerprint density at radius 3 is 2.51 bits per heavy atom. The van der Waals surface area contributed by atoms with Gasteiger partial charge in [-0.05, 0) is 49.8 Å². The molecule has 1 aromatic carbocycles. The molecule has 1 amide bonds. The van der Waals surface area contributed by atoms with E-state index in [0.717, 1.165) is 41.9 Å². The van der Waals surface area contributed by atoms with Crippen LogP contribution in [-0.2, 0) is 22.5 Å². The first-order valence-corrected chi connectivity index (χ1v) is 14.4. The maximum absolute atomic E-state index is 13.7. The highest BCUT2D eigenvalue weighted by Gasteiger charge is 2.35. The van der Waals surface area contributed by atoms with Crippen molar-refractivity contribution in [2.75, 3.05) is 33.9 Å². The lowest BCUT2D eigenvalue weighted by Crippen LogP contribution is -2.44. The minimum Gasteiger partial charge on any atom is -0.496 e. The number of aliphatic hydroxyl groups is 1. The second-order valence-corrected chi connectivity index (χ2v) is 11.2. The van der Waals surface area contributed by atoms with E-state index in [4.69, 9.17) is 19.0 Å². The zero-order valence-electron chi connectivity index (χ0n) is 23.4. The van der Waals surface area contributed by atoms with Gasteiger partial charge in [0.1, 0.15) is 22.9 Å². The Hall–Kier alpha value is -3.74. The largest absolute Gasteiger partial charge is 0.496 e. The summed E-state index contributed by atoms with van der Waals surface area (Å²) in [4.78, 5) is 47.2. The van der Waals surface area contributed by atoms with Crippen LogP contribution in [0.3, 0.4) is 0 Å². The summed E-state index contributed by atoms with van der Waals surface area (Å²) in [5.41, 5.74) is 0.696. The molecule has 0 saturated carbocycles. The Balaban J connectivity index is 0.000000423. The maximum Gasteiger partial charge on any atom is 0.332 e. The van der Waals surface area contributed by atoms with Crippen LogP contribution in [-0.4, -0.2) is 70.1 Å². The van der Waals surface area contributed by atoms with Gasteiger partial charge in [-0.1, -0.05) is 18.2 Å². The molecule has 5 heterocycles. The van der Waals surface area contributed by atoms with Crippen LogP contribution in [0, 0.1) is 6.92 Å². The number of hydrogen-bond acceptors (Lipinski definition) is 9. The van der Waals surface area contributed by atoms with Crippen LogP contribution in [0.5, 0.6) is 5.75 Å². The Labute approximate surface area is 240 Å². The molecule has 0 spiro atoms. The lowest BCUT2D eigenvalue weighted by Gasteiger charge is -2.17. The van der Waals surface area contributed by atoms with Crippen molar-refractivity contribution in [1.29, 1.82) is 0 Å². The van der Waals surface area contributed by atoms with Crippen LogP contribution in [0.25, 0.3) is 21.0 Å². The topological polar surface area (TPSA) is 129 Å². The number of aliphatic hydroxyl groups excluding tert-OH is 1. The number of likely N-dealkylation sites (tertiary alicyclic amines) is 1. The zero-order chi connectivity index (χ0) is 29.1. The molecule has 12 heteroatoms. The summed E-state index contributed by atoms with van der Waals surface area (Å²) in [6, 6.07) is 6.82. The summed E-state index contributed by atoms with van der Waals surface area (Å²) >= 11 is 1.30. The summed E-state index contributed by atoms with van der Waals surface area (Å²) in [5.74, 6) is 0.899. The Morgan fingerprint density at radius 1 is 1.15 bits per heavy atom. The van der Waals surface area contributed by atoms with Gasteiger partial charge in [0.15, 0.2) is 0 Å². The minimum atomic E-state index is -0.809. The lowest BCUT2D eigenvalue weighted by molar-refractivity contribution is -0.129. The molecule has 0 radical (unpaired) electrons. The van der Waals surface area contributed by atoms with Crippen molar-refractivity contribution >= 4 is 27.5 Å². The van der Waals surface area contributed by atoms with Gasteiger partial charge >= 0.3 is 5.69 Å². The Bertz CT molecular complexity index is 1630. The quantitative estimate of drug-likeness (QED) is 0.367. The number of methoxy groups -OCH3 is 1. The third kappa shape index (κ3) is 5.72. The van der Waals surface area contributed by atoms with Gasteiger partial charge < -0.3 is 23.9 Å². The fourth-order valence-corrected chi connectivity index (χ4v) is 6.51. The van der Waals surface area contributed by atoms with E-state index in [0.29, 0.717) is 52.5 Å². The minimum absolute atomic E-state index is 0.0891. The summed E-state index contributed by atoms with van der Waals surface area (Å²) < 4.78 is 18.7. The number of fused-ring (bicyclic) bond motifs is 1. The molecule has 4 aromatic rings. The highest BCUT2D eigenvalue weighted by Crippen LogP contribution is 2.36. The van der Waals surface area contributed by atoms with E-state index in [1.807, 2.05) is 31.2 Å². The molecule has 2 aliphatic heterocycles. The number of likely N-dealkylation sites (N-methyl/N-ethyl adjacent to an activating group) is 1. The molecular weight excluding hydrogens is 548 g/mol. The van der Waals surface area contributed by atoms with Gasteiger partial charge in [0.2, 0.25) is 11.8 Å². The molecule has 41 heavy (non-hydrogen) atoms. The van der Waals surface area contributed by atoms with E-state index in [1.165, 1.54) is 17.6 Å². The van der Waals surface area contributed by atoms with E-state index >= 15 is 0 Å². The number of benzene rings is 1.